The van der Waals surface area contributed by atoms with Gasteiger partial charge < -0.3 is 9.80 Å². The summed E-state index contributed by atoms with van der Waals surface area (Å²) in [5, 5.41) is 0. The Morgan fingerprint density at radius 1 is 0.806 bits per heavy atom. The largest absolute Gasteiger partial charge is 0.353 e. The van der Waals surface area contributed by atoms with Gasteiger partial charge in [-0.05, 0) is 48.9 Å². The zero-order valence-electron chi connectivity index (χ0n) is 20.0. The van der Waals surface area contributed by atoms with Crippen molar-refractivity contribution in [1.82, 2.24) is 14.9 Å². The fraction of sp³-hybridized carbons (Fsp3) is 0.207. The molecule has 36 heavy (non-hydrogen) atoms. The Hall–Kier alpha value is -4.13. The van der Waals surface area contributed by atoms with Gasteiger partial charge in [-0.15, -0.1) is 0 Å². The standard InChI is InChI=1S/C29H26F2N4O/c1-20-26(19-21-7-11-24(30)12-8-21)28(33-27(32-20)22-5-3-2-4-6-22)34-15-17-35(18-16-34)29(36)23-9-13-25(31)14-10-23/h2-14H,15-19H2,1H3. The van der Waals surface area contributed by atoms with Crippen LogP contribution in [0.25, 0.3) is 11.4 Å². The highest BCUT2D eigenvalue weighted by atomic mass is 19.1. The summed E-state index contributed by atoms with van der Waals surface area (Å²) in [6.07, 6.45) is 0.575. The van der Waals surface area contributed by atoms with Crippen LogP contribution in [0.4, 0.5) is 14.6 Å². The number of rotatable bonds is 5. The topological polar surface area (TPSA) is 49.3 Å². The van der Waals surface area contributed by atoms with Crippen LogP contribution in [0.5, 0.6) is 0 Å². The van der Waals surface area contributed by atoms with Gasteiger partial charge in [0.05, 0.1) is 0 Å². The van der Waals surface area contributed by atoms with Crippen molar-refractivity contribution < 1.29 is 13.6 Å². The molecule has 1 fully saturated rings. The predicted octanol–water partition coefficient (Wildman–Crippen LogP) is 5.28. The number of carbonyl (C=O) groups excluding carboxylic acids is 1. The first-order valence-corrected chi connectivity index (χ1v) is 11.9. The number of aromatic nitrogens is 2. The second-order valence-electron chi connectivity index (χ2n) is 8.89. The lowest BCUT2D eigenvalue weighted by molar-refractivity contribution is 0.0746. The fourth-order valence-electron chi connectivity index (χ4n) is 4.47. The van der Waals surface area contributed by atoms with E-state index in [1.54, 1.807) is 17.0 Å². The molecule has 0 radical (unpaired) electrons. The van der Waals surface area contributed by atoms with Crippen LogP contribution in [-0.4, -0.2) is 47.0 Å². The first-order chi connectivity index (χ1) is 17.5. The number of nitrogens with zero attached hydrogens (tertiary/aromatic N) is 4. The molecule has 1 aromatic heterocycles. The smallest absolute Gasteiger partial charge is 0.253 e. The Morgan fingerprint density at radius 3 is 2.06 bits per heavy atom. The molecule has 0 unspecified atom stereocenters. The van der Waals surface area contributed by atoms with Gasteiger partial charge in [-0.2, -0.15) is 0 Å². The van der Waals surface area contributed by atoms with Gasteiger partial charge in [0.2, 0.25) is 0 Å². The van der Waals surface area contributed by atoms with E-state index in [4.69, 9.17) is 9.97 Å². The lowest BCUT2D eigenvalue weighted by atomic mass is 10.0. The lowest BCUT2D eigenvalue weighted by Crippen LogP contribution is -2.49. The number of hydrogen-bond acceptors (Lipinski definition) is 4. The SMILES string of the molecule is Cc1nc(-c2ccccc2)nc(N2CCN(C(=O)c3ccc(F)cc3)CC2)c1Cc1ccc(F)cc1. The highest BCUT2D eigenvalue weighted by Gasteiger charge is 2.26. The molecule has 182 valence electrons. The first kappa shape index (κ1) is 23.6. The third kappa shape index (κ3) is 5.10. The third-order valence-electron chi connectivity index (χ3n) is 6.48. The van der Waals surface area contributed by atoms with Crippen LogP contribution in [0.3, 0.4) is 0 Å². The fourth-order valence-corrected chi connectivity index (χ4v) is 4.47. The van der Waals surface area contributed by atoms with Crippen molar-refractivity contribution in [3.63, 3.8) is 0 Å². The van der Waals surface area contributed by atoms with E-state index in [2.05, 4.69) is 4.90 Å². The van der Waals surface area contributed by atoms with Gasteiger partial charge in [-0.3, -0.25) is 4.79 Å². The van der Waals surface area contributed by atoms with Crippen LogP contribution in [0.2, 0.25) is 0 Å². The molecule has 0 atom stereocenters. The molecule has 7 heteroatoms. The number of amides is 1. The minimum absolute atomic E-state index is 0.106. The summed E-state index contributed by atoms with van der Waals surface area (Å²) in [6.45, 7) is 4.23. The van der Waals surface area contributed by atoms with E-state index < -0.39 is 0 Å². The van der Waals surface area contributed by atoms with Gasteiger partial charge in [-0.25, -0.2) is 18.7 Å². The van der Waals surface area contributed by atoms with Crippen molar-refractivity contribution in [2.75, 3.05) is 31.1 Å². The maximum Gasteiger partial charge on any atom is 0.253 e. The highest BCUT2D eigenvalue weighted by Crippen LogP contribution is 2.28. The summed E-state index contributed by atoms with van der Waals surface area (Å²) in [7, 11) is 0. The summed E-state index contributed by atoms with van der Waals surface area (Å²) in [5.74, 6) is 0.743. The second kappa shape index (κ2) is 10.2. The van der Waals surface area contributed by atoms with Gasteiger partial charge in [0, 0.05) is 55.0 Å². The van der Waals surface area contributed by atoms with Gasteiger partial charge in [-0.1, -0.05) is 42.5 Å². The Labute approximate surface area is 209 Å². The Kier molecular flexibility index (Phi) is 6.71. The van der Waals surface area contributed by atoms with Crippen LogP contribution in [0.15, 0.2) is 78.9 Å². The second-order valence-corrected chi connectivity index (χ2v) is 8.89. The Balaban J connectivity index is 1.43. The first-order valence-electron chi connectivity index (χ1n) is 11.9. The molecule has 1 aliphatic heterocycles. The quantitative estimate of drug-likeness (QED) is 0.387. The van der Waals surface area contributed by atoms with Crippen LogP contribution < -0.4 is 4.90 Å². The molecule has 5 nitrogen and oxygen atoms in total. The Bertz CT molecular complexity index is 1350. The van der Waals surface area contributed by atoms with E-state index in [1.807, 2.05) is 37.3 Å². The molecule has 1 saturated heterocycles. The van der Waals surface area contributed by atoms with E-state index in [9.17, 15) is 13.6 Å². The van der Waals surface area contributed by atoms with Crippen LogP contribution in [0.1, 0.15) is 27.2 Å². The highest BCUT2D eigenvalue weighted by molar-refractivity contribution is 5.94. The van der Waals surface area contributed by atoms with Crippen molar-refractivity contribution in [3.8, 4) is 11.4 Å². The number of hydrogen-bond donors (Lipinski definition) is 0. The molecular formula is C29H26F2N4O. The van der Waals surface area contributed by atoms with Crippen LogP contribution in [0, 0.1) is 18.6 Å². The van der Waals surface area contributed by atoms with Gasteiger partial charge in [0.1, 0.15) is 17.5 Å². The molecule has 3 aromatic carbocycles. The number of benzene rings is 3. The number of halogens is 2. The van der Waals surface area contributed by atoms with Crippen molar-refractivity contribution in [3.05, 3.63) is 113 Å². The Morgan fingerprint density at radius 2 is 1.42 bits per heavy atom. The summed E-state index contributed by atoms with van der Waals surface area (Å²) in [5.41, 5.74) is 4.24. The summed E-state index contributed by atoms with van der Waals surface area (Å²) < 4.78 is 26.7. The molecule has 0 N–H and O–H groups in total. The number of aryl methyl sites for hydroxylation is 1. The normalized spacial score (nSPS) is 13.6. The predicted molar refractivity (Wildman–Crippen MR) is 136 cm³/mol. The molecule has 1 aliphatic rings. The molecule has 1 amide bonds. The summed E-state index contributed by atoms with van der Waals surface area (Å²) >= 11 is 0. The molecule has 2 heterocycles. The zero-order chi connectivity index (χ0) is 25.1. The molecular weight excluding hydrogens is 458 g/mol. The minimum Gasteiger partial charge on any atom is -0.353 e. The molecule has 0 spiro atoms. The monoisotopic (exact) mass is 484 g/mol. The van der Waals surface area contributed by atoms with E-state index in [0.29, 0.717) is 44.0 Å². The van der Waals surface area contributed by atoms with Crippen LogP contribution >= 0.6 is 0 Å². The van der Waals surface area contributed by atoms with E-state index in [-0.39, 0.29) is 17.5 Å². The molecule has 0 bridgehead atoms. The van der Waals surface area contributed by atoms with Gasteiger partial charge in [0.25, 0.3) is 5.91 Å². The summed E-state index contributed by atoms with van der Waals surface area (Å²) in [6, 6.07) is 22.0. The number of anilines is 1. The lowest BCUT2D eigenvalue weighted by Gasteiger charge is -2.36. The number of carbonyl (C=O) groups is 1. The minimum atomic E-state index is -0.363. The molecule has 0 saturated carbocycles. The molecule has 4 aromatic rings. The molecule has 0 aliphatic carbocycles. The van der Waals surface area contributed by atoms with Crippen molar-refractivity contribution >= 4 is 11.7 Å². The van der Waals surface area contributed by atoms with Crippen LogP contribution in [-0.2, 0) is 6.42 Å². The zero-order valence-corrected chi connectivity index (χ0v) is 20.0. The van der Waals surface area contributed by atoms with Gasteiger partial charge >= 0.3 is 0 Å². The van der Waals surface area contributed by atoms with E-state index in [1.165, 1.54) is 36.4 Å². The van der Waals surface area contributed by atoms with Gasteiger partial charge in [0.15, 0.2) is 5.82 Å². The van der Waals surface area contributed by atoms with E-state index in [0.717, 1.165) is 28.2 Å². The van der Waals surface area contributed by atoms with Crippen molar-refractivity contribution in [1.29, 1.82) is 0 Å². The average molecular weight is 485 g/mol. The molecule has 5 rings (SSSR count). The average Bonchev–Trinajstić information content (AvgIpc) is 2.91. The van der Waals surface area contributed by atoms with Crippen molar-refractivity contribution in [2.45, 2.75) is 13.3 Å². The number of piperazine rings is 1. The third-order valence-corrected chi connectivity index (χ3v) is 6.48. The van der Waals surface area contributed by atoms with Crippen molar-refractivity contribution in [2.24, 2.45) is 0 Å². The maximum absolute atomic E-state index is 13.5. The van der Waals surface area contributed by atoms with E-state index >= 15 is 0 Å². The maximum atomic E-state index is 13.5. The summed E-state index contributed by atoms with van der Waals surface area (Å²) in [4.78, 5) is 26.7.